The van der Waals surface area contributed by atoms with E-state index in [1.807, 2.05) is 32.9 Å². The predicted octanol–water partition coefficient (Wildman–Crippen LogP) is 4.42. The van der Waals surface area contributed by atoms with Crippen molar-refractivity contribution in [1.82, 2.24) is 4.90 Å². The average molecular weight is 335 g/mol. The predicted molar refractivity (Wildman–Crippen MR) is 93.2 cm³/mol. The summed E-state index contributed by atoms with van der Waals surface area (Å²) in [6.45, 7) is 7.85. The van der Waals surface area contributed by atoms with E-state index in [1.54, 1.807) is 4.90 Å². The van der Waals surface area contributed by atoms with Gasteiger partial charge in [0, 0.05) is 25.6 Å². The van der Waals surface area contributed by atoms with E-state index in [4.69, 9.17) is 16.3 Å². The number of amides is 1. The number of carbonyl (C=O) groups is 1. The molecule has 2 aliphatic rings. The second-order valence-corrected chi connectivity index (χ2v) is 7.50. The van der Waals surface area contributed by atoms with Crippen molar-refractivity contribution in [3.8, 4) is 0 Å². The Morgan fingerprint density at radius 3 is 2.83 bits per heavy atom. The monoisotopic (exact) mass is 334 g/mol. The maximum Gasteiger partial charge on any atom is 0.410 e. The first-order chi connectivity index (χ1) is 10.8. The van der Waals surface area contributed by atoms with Crippen LogP contribution < -0.4 is 5.32 Å². The summed E-state index contributed by atoms with van der Waals surface area (Å²) < 4.78 is 5.44. The molecule has 23 heavy (non-hydrogen) atoms. The van der Waals surface area contributed by atoms with E-state index in [-0.39, 0.29) is 6.09 Å². The molecular weight excluding hydrogens is 312 g/mol. The van der Waals surface area contributed by atoms with Crippen molar-refractivity contribution in [2.45, 2.75) is 38.7 Å². The van der Waals surface area contributed by atoms with Crippen LogP contribution in [0.1, 0.15) is 38.7 Å². The molecule has 1 aromatic rings. The zero-order chi connectivity index (χ0) is 16.6. The van der Waals surface area contributed by atoms with E-state index < -0.39 is 5.60 Å². The maximum atomic E-state index is 12.1. The van der Waals surface area contributed by atoms with Gasteiger partial charge in [-0.2, -0.15) is 0 Å². The largest absolute Gasteiger partial charge is 0.444 e. The third-order valence-corrected chi connectivity index (χ3v) is 4.56. The standard InChI is InChI=1S/C18H23ClN2O2/c1-18(2,3)23-17(22)21-9-7-12(8-10-21)14-11-20-16-13(14)5-4-6-15(16)19/h4-7,14,20H,8-11H2,1-3H3. The number of fused-ring (bicyclic) bond motifs is 1. The first kappa shape index (κ1) is 16.2. The fourth-order valence-corrected chi connectivity index (χ4v) is 3.40. The fourth-order valence-electron chi connectivity index (χ4n) is 3.16. The molecule has 2 heterocycles. The molecular formula is C18H23ClN2O2. The SMILES string of the molecule is CC(C)(C)OC(=O)N1CC=C(C2CNc3c(Cl)cccc32)CC1. The van der Waals surface area contributed by atoms with Crippen molar-refractivity contribution in [1.29, 1.82) is 0 Å². The van der Waals surface area contributed by atoms with Gasteiger partial charge in [0.2, 0.25) is 0 Å². The molecule has 124 valence electrons. The second kappa shape index (κ2) is 6.08. The van der Waals surface area contributed by atoms with Gasteiger partial charge in [0.1, 0.15) is 5.60 Å². The van der Waals surface area contributed by atoms with E-state index in [2.05, 4.69) is 17.5 Å². The minimum atomic E-state index is -0.452. The van der Waals surface area contributed by atoms with E-state index in [9.17, 15) is 4.79 Å². The molecule has 1 amide bonds. The van der Waals surface area contributed by atoms with Crippen molar-refractivity contribution in [3.63, 3.8) is 0 Å². The van der Waals surface area contributed by atoms with Gasteiger partial charge < -0.3 is 15.0 Å². The molecule has 3 rings (SSSR count). The Balaban J connectivity index is 1.69. The minimum Gasteiger partial charge on any atom is -0.444 e. The second-order valence-electron chi connectivity index (χ2n) is 7.09. The highest BCUT2D eigenvalue weighted by Crippen LogP contribution is 2.41. The number of anilines is 1. The lowest BCUT2D eigenvalue weighted by atomic mass is 9.89. The van der Waals surface area contributed by atoms with Crippen LogP contribution in [0.2, 0.25) is 5.02 Å². The maximum absolute atomic E-state index is 12.1. The van der Waals surface area contributed by atoms with Crippen molar-refractivity contribution < 1.29 is 9.53 Å². The van der Waals surface area contributed by atoms with Crippen LogP contribution in [0.4, 0.5) is 10.5 Å². The molecule has 4 nitrogen and oxygen atoms in total. The summed E-state index contributed by atoms with van der Waals surface area (Å²) in [5, 5.41) is 4.18. The third-order valence-electron chi connectivity index (χ3n) is 4.25. The molecule has 1 aromatic carbocycles. The van der Waals surface area contributed by atoms with E-state index in [0.29, 0.717) is 19.0 Å². The van der Waals surface area contributed by atoms with Gasteiger partial charge in [-0.05, 0) is 38.8 Å². The topological polar surface area (TPSA) is 41.6 Å². The van der Waals surface area contributed by atoms with Gasteiger partial charge >= 0.3 is 6.09 Å². The van der Waals surface area contributed by atoms with E-state index >= 15 is 0 Å². The van der Waals surface area contributed by atoms with Gasteiger partial charge in [0.05, 0.1) is 10.7 Å². The number of benzene rings is 1. The van der Waals surface area contributed by atoms with Gasteiger partial charge in [-0.3, -0.25) is 0 Å². The minimum absolute atomic E-state index is 0.235. The van der Waals surface area contributed by atoms with Crippen LogP contribution in [0.25, 0.3) is 0 Å². The van der Waals surface area contributed by atoms with E-state index in [0.717, 1.165) is 23.7 Å². The fraction of sp³-hybridized carbons (Fsp3) is 0.500. The summed E-state index contributed by atoms with van der Waals surface area (Å²) in [6.07, 6.45) is 2.80. The molecule has 0 saturated heterocycles. The Morgan fingerprint density at radius 1 is 1.39 bits per heavy atom. The van der Waals surface area contributed by atoms with Gasteiger partial charge in [0.25, 0.3) is 0 Å². The number of nitrogens with zero attached hydrogens (tertiary/aromatic N) is 1. The molecule has 0 bridgehead atoms. The molecule has 0 aromatic heterocycles. The summed E-state index contributed by atoms with van der Waals surface area (Å²) >= 11 is 6.25. The number of para-hydroxylation sites is 1. The Kier molecular flexibility index (Phi) is 4.28. The molecule has 0 radical (unpaired) electrons. The van der Waals surface area contributed by atoms with Crippen LogP contribution in [0.15, 0.2) is 29.8 Å². The quantitative estimate of drug-likeness (QED) is 0.773. The highest BCUT2D eigenvalue weighted by molar-refractivity contribution is 6.33. The third kappa shape index (κ3) is 3.47. The normalized spacial score (nSPS) is 20.6. The smallest absolute Gasteiger partial charge is 0.410 e. The molecule has 0 aliphatic carbocycles. The summed E-state index contributed by atoms with van der Waals surface area (Å²) in [5.74, 6) is 0.351. The lowest BCUT2D eigenvalue weighted by Crippen LogP contribution is -2.39. The van der Waals surface area contributed by atoms with Gasteiger partial charge in [-0.15, -0.1) is 0 Å². The summed E-state index contributed by atoms with van der Waals surface area (Å²) in [7, 11) is 0. The van der Waals surface area contributed by atoms with Crippen molar-refractivity contribution >= 4 is 23.4 Å². The van der Waals surface area contributed by atoms with E-state index in [1.165, 1.54) is 11.1 Å². The van der Waals surface area contributed by atoms with Gasteiger partial charge in [-0.1, -0.05) is 35.4 Å². The summed E-state index contributed by atoms with van der Waals surface area (Å²) in [4.78, 5) is 13.9. The van der Waals surface area contributed by atoms with Crippen LogP contribution in [0.5, 0.6) is 0 Å². The van der Waals surface area contributed by atoms with Crippen molar-refractivity contribution in [2.24, 2.45) is 0 Å². The van der Waals surface area contributed by atoms with Gasteiger partial charge in [-0.25, -0.2) is 4.79 Å². The Morgan fingerprint density at radius 2 is 2.17 bits per heavy atom. The number of hydrogen-bond acceptors (Lipinski definition) is 3. The number of carbonyl (C=O) groups excluding carboxylic acids is 1. The Bertz CT molecular complexity index is 649. The van der Waals surface area contributed by atoms with Crippen molar-refractivity contribution in [3.05, 3.63) is 40.4 Å². The van der Waals surface area contributed by atoms with Crippen LogP contribution in [0.3, 0.4) is 0 Å². The first-order valence-corrected chi connectivity index (χ1v) is 8.42. The molecule has 1 N–H and O–H groups in total. The average Bonchev–Trinajstić information content (AvgIpc) is 2.91. The number of halogens is 1. The Labute approximate surface area is 142 Å². The molecule has 0 fully saturated rings. The summed E-state index contributed by atoms with van der Waals surface area (Å²) in [5.41, 5.74) is 3.23. The van der Waals surface area contributed by atoms with Crippen LogP contribution >= 0.6 is 11.6 Å². The molecule has 1 atom stereocenters. The molecule has 2 aliphatic heterocycles. The number of rotatable bonds is 1. The molecule has 5 heteroatoms. The lowest BCUT2D eigenvalue weighted by Gasteiger charge is -2.31. The highest BCUT2D eigenvalue weighted by atomic mass is 35.5. The van der Waals surface area contributed by atoms with Gasteiger partial charge in [0.15, 0.2) is 0 Å². The number of ether oxygens (including phenoxy) is 1. The van der Waals surface area contributed by atoms with Crippen molar-refractivity contribution in [2.75, 3.05) is 25.0 Å². The molecule has 1 unspecified atom stereocenters. The Hall–Kier alpha value is -1.68. The lowest BCUT2D eigenvalue weighted by molar-refractivity contribution is 0.0265. The molecule has 0 saturated carbocycles. The molecule has 0 spiro atoms. The summed E-state index contributed by atoms with van der Waals surface area (Å²) in [6, 6.07) is 6.04. The van der Waals surface area contributed by atoms with Crippen LogP contribution in [-0.4, -0.2) is 36.2 Å². The zero-order valence-electron chi connectivity index (χ0n) is 13.9. The van der Waals surface area contributed by atoms with Crippen LogP contribution in [-0.2, 0) is 4.74 Å². The van der Waals surface area contributed by atoms with Crippen LogP contribution in [0, 0.1) is 0 Å². The number of hydrogen-bond donors (Lipinski definition) is 1. The number of nitrogens with one attached hydrogen (secondary N) is 1. The first-order valence-electron chi connectivity index (χ1n) is 8.04. The highest BCUT2D eigenvalue weighted by Gasteiger charge is 2.30. The zero-order valence-corrected chi connectivity index (χ0v) is 14.6.